The van der Waals surface area contributed by atoms with Crippen molar-refractivity contribution in [3.63, 3.8) is 0 Å². The molecule has 1 atom stereocenters. The van der Waals surface area contributed by atoms with Crippen LogP contribution in [-0.2, 0) is 13.6 Å². The van der Waals surface area contributed by atoms with E-state index in [1.54, 1.807) is 19.2 Å². The molecule has 0 radical (unpaired) electrons. The summed E-state index contributed by atoms with van der Waals surface area (Å²) in [4.78, 5) is 0. The molecule has 2 rings (SSSR count). The van der Waals surface area contributed by atoms with Crippen LogP contribution < -0.4 is 5.32 Å². The van der Waals surface area contributed by atoms with Gasteiger partial charge in [0.25, 0.3) is 0 Å². The minimum atomic E-state index is -0.151. The second-order valence-electron chi connectivity index (χ2n) is 4.56. The lowest BCUT2D eigenvalue weighted by molar-refractivity contribution is 0.542. The average Bonchev–Trinajstić information content (AvgIpc) is 2.75. The van der Waals surface area contributed by atoms with Crippen LogP contribution in [0.2, 0.25) is 0 Å². The zero-order chi connectivity index (χ0) is 13.1. The van der Waals surface area contributed by atoms with Crippen LogP contribution in [0.15, 0.2) is 30.5 Å². The van der Waals surface area contributed by atoms with E-state index in [4.69, 9.17) is 0 Å². The predicted molar refractivity (Wildman–Crippen MR) is 69.6 cm³/mol. The summed E-state index contributed by atoms with van der Waals surface area (Å²) in [5.74, 6) is -0.151. The van der Waals surface area contributed by atoms with Crippen LogP contribution in [0.5, 0.6) is 0 Å². The van der Waals surface area contributed by atoms with Crippen LogP contribution in [0.4, 0.5) is 4.39 Å². The summed E-state index contributed by atoms with van der Waals surface area (Å²) >= 11 is 0. The molecule has 0 spiro atoms. The molecular weight excluding hydrogens is 229 g/mol. The molecule has 3 nitrogen and oxygen atoms in total. The van der Waals surface area contributed by atoms with Gasteiger partial charge >= 0.3 is 0 Å². The third-order valence-corrected chi connectivity index (χ3v) is 3.21. The quantitative estimate of drug-likeness (QED) is 0.900. The maximum Gasteiger partial charge on any atom is 0.126 e. The highest BCUT2D eigenvalue weighted by Crippen LogP contribution is 2.16. The molecular formula is C14H18FN3. The molecule has 1 aromatic carbocycles. The number of hydrogen-bond acceptors (Lipinski definition) is 2. The normalized spacial score (nSPS) is 12.7. The molecule has 0 saturated heterocycles. The number of aryl methyl sites for hydroxylation is 2. The first-order valence-corrected chi connectivity index (χ1v) is 6.04. The summed E-state index contributed by atoms with van der Waals surface area (Å²) in [6, 6.07) is 7.44. The number of aromatic nitrogens is 2. The van der Waals surface area contributed by atoms with Crippen molar-refractivity contribution in [2.45, 2.75) is 26.4 Å². The van der Waals surface area contributed by atoms with E-state index in [9.17, 15) is 4.39 Å². The first kappa shape index (κ1) is 12.8. The molecule has 1 heterocycles. The maximum atomic E-state index is 13.5. The van der Waals surface area contributed by atoms with E-state index in [2.05, 4.69) is 10.4 Å². The van der Waals surface area contributed by atoms with E-state index in [1.165, 1.54) is 0 Å². The number of nitrogens with zero attached hydrogens (tertiary/aromatic N) is 2. The SMILES string of the molecule is Cc1ccc(C(C)NCc2ccnn2C)cc1F. The lowest BCUT2D eigenvalue weighted by atomic mass is 10.1. The Kier molecular flexibility index (Phi) is 3.77. The van der Waals surface area contributed by atoms with Gasteiger partial charge in [0.2, 0.25) is 0 Å². The fraction of sp³-hybridized carbons (Fsp3) is 0.357. The Bertz CT molecular complexity index is 534. The minimum Gasteiger partial charge on any atom is -0.305 e. The molecule has 1 aromatic heterocycles. The van der Waals surface area contributed by atoms with Crippen molar-refractivity contribution < 1.29 is 4.39 Å². The highest BCUT2D eigenvalue weighted by Gasteiger charge is 2.08. The van der Waals surface area contributed by atoms with E-state index in [1.807, 2.05) is 36.9 Å². The van der Waals surface area contributed by atoms with E-state index < -0.39 is 0 Å². The number of nitrogens with one attached hydrogen (secondary N) is 1. The second-order valence-corrected chi connectivity index (χ2v) is 4.56. The lowest BCUT2D eigenvalue weighted by Gasteiger charge is -2.15. The van der Waals surface area contributed by atoms with Crippen LogP contribution in [0.3, 0.4) is 0 Å². The maximum absolute atomic E-state index is 13.5. The number of halogens is 1. The average molecular weight is 247 g/mol. The lowest BCUT2D eigenvalue weighted by Crippen LogP contribution is -2.20. The van der Waals surface area contributed by atoms with Crippen molar-refractivity contribution in [1.29, 1.82) is 0 Å². The predicted octanol–water partition coefficient (Wildman–Crippen LogP) is 2.72. The largest absolute Gasteiger partial charge is 0.305 e. The topological polar surface area (TPSA) is 29.9 Å². The van der Waals surface area contributed by atoms with Crippen molar-refractivity contribution in [3.05, 3.63) is 53.1 Å². The van der Waals surface area contributed by atoms with Crippen LogP contribution in [-0.4, -0.2) is 9.78 Å². The van der Waals surface area contributed by atoms with Crippen molar-refractivity contribution in [1.82, 2.24) is 15.1 Å². The molecule has 0 aliphatic rings. The Morgan fingerprint density at radius 2 is 2.17 bits per heavy atom. The van der Waals surface area contributed by atoms with Gasteiger partial charge in [-0.3, -0.25) is 4.68 Å². The highest BCUT2D eigenvalue weighted by molar-refractivity contribution is 5.25. The summed E-state index contributed by atoms with van der Waals surface area (Å²) in [7, 11) is 1.91. The Balaban J connectivity index is 2.01. The molecule has 1 unspecified atom stereocenters. The van der Waals surface area contributed by atoms with Crippen molar-refractivity contribution in [2.24, 2.45) is 7.05 Å². The number of benzene rings is 1. The molecule has 4 heteroatoms. The Morgan fingerprint density at radius 3 is 2.78 bits per heavy atom. The number of hydrogen-bond donors (Lipinski definition) is 1. The van der Waals surface area contributed by atoms with Gasteiger partial charge in [-0.15, -0.1) is 0 Å². The van der Waals surface area contributed by atoms with Crippen molar-refractivity contribution in [3.8, 4) is 0 Å². The number of rotatable bonds is 4. The molecule has 18 heavy (non-hydrogen) atoms. The van der Waals surface area contributed by atoms with Crippen LogP contribution in [0, 0.1) is 12.7 Å². The zero-order valence-electron chi connectivity index (χ0n) is 10.9. The molecule has 0 saturated carbocycles. The minimum absolute atomic E-state index is 0.106. The van der Waals surface area contributed by atoms with E-state index in [0.717, 1.165) is 11.3 Å². The molecule has 0 aliphatic carbocycles. The summed E-state index contributed by atoms with van der Waals surface area (Å²) in [5, 5.41) is 7.47. The standard InChI is InChI=1S/C14H18FN3/c1-10-4-5-12(8-14(10)15)11(2)16-9-13-6-7-17-18(13)3/h4-8,11,16H,9H2,1-3H3. The molecule has 1 N–H and O–H groups in total. The first-order valence-electron chi connectivity index (χ1n) is 6.04. The molecule has 0 amide bonds. The summed E-state index contributed by atoms with van der Waals surface area (Å²) in [5.41, 5.74) is 2.74. The molecule has 0 bridgehead atoms. The summed E-state index contributed by atoms with van der Waals surface area (Å²) in [6.45, 7) is 4.51. The van der Waals surface area contributed by atoms with Crippen LogP contribution >= 0.6 is 0 Å². The van der Waals surface area contributed by atoms with Gasteiger partial charge in [-0.2, -0.15) is 5.10 Å². The van der Waals surface area contributed by atoms with Gasteiger partial charge < -0.3 is 5.32 Å². The fourth-order valence-electron chi connectivity index (χ4n) is 1.83. The van der Waals surface area contributed by atoms with Gasteiger partial charge in [-0.1, -0.05) is 12.1 Å². The summed E-state index contributed by atoms with van der Waals surface area (Å²) in [6.07, 6.45) is 1.77. The third kappa shape index (κ3) is 2.76. The Labute approximate surface area is 107 Å². The van der Waals surface area contributed by atoms with Gasteiger partial charge in [0.1, 0.15) is 5.82 Å². The summed E-state index contributed by atoms with van der Waals surface area (Å²) < 4.78 is 15.3. The van der Waals surface area contributed by atoms with Gasteiger partial charge in [-0.25, -0.2) is 4.39 Å². The van der Waals surface area contributed by atoms with E-state index in [0.29, 0.717) is 12.1 Å². The highest BCUT2D eigenvalue weighted by atomic mass is 19.1. The zero-order valence-corrected chi connectivity index (χ0v) is 10.9. The van der Waals surface area contributed by atoms with E-state index >= 15 is 0 Å². The fourth-order valence-corrected chi connectivity index (χ4v) is 1.83. The van der Waals surface area contributed by atoms with Crippen molar-refractivity contribution in [2.75, 3.05) is 0 Å². The molecule has 2 aromatic rings. The third-order valence-electron chi connectivity index (χ3n) is 3.21. The molecule has 96 valence electrons. The van der Waals surface area contributed by atoms with Crippen LogP contribution in [0.1, 0.15) is 29.8 Å². The van der Waals surface area contributed by atoms with Gasteiger partial charge in [-0.05, 0) is 37.1 Å². The van der Waals surface area contributed by atoms with Gasteiger partial charge in [0, 0.05) is 25.8 Å². The second kappa shape index (κ2) is 5.31. The van der Waals surface area contributed by atoms with Gasteiger partial charge in [0.05, 0.1) is 5.69 Å². The monoisotopic (exact) mass is 247 g/mol. The van der Waals surface area contributed by atoms with E-state index in [-0.39, 0.29) is 11.9 Å². The Hall–Kier alpha value is -1.68. The first-order chi connectivity index (χ1) is 8.58. The Morgan fingerprint density at radius 1 is 1.39 bits per heavy atom. The van der Waals surface area contributed by atoms with Gasteiger partial charge in [0.15, 0.2) is 0 Å². The molecule has 0 aliphatic heterocycles. The molecule has 0 fully saturated rings. The smallest absolute Gasteiger partial charge is 0.126 e. The van der Waals surface area contributed by atoms with Crippen molar-refractivity contribution >= 4 is 0 Å². The van der Waals surface area contributed by atoms with Crippen LogP contribution in [0.25, 0.3) is 0 Å².